The lowest BCUT2D eigenvalue weighted by molar-refractivity contribution is -0.133. The summed E-state index contributed by atoms with van der Waals surface area (Å²) in [6, 6.07) is 0.430. The van der Waals surface area contributed by atoms with Crippen LogP contribution in [-0.2, 0) is 4.79 Å². The highest BCUT2D eigenvalue weighted by molar-refractivity contribution is 5.82. The fourth-order valence-electron chi connectivity index (χ4n) is 3.63. The third-order valence-corrected chi connectivity index (χ3v) is 5.45. The molecule has 1 aliphatic rings. The van der Waals surface area contributed by atoms with Gasteiger partial charge in [0.1, 0.15) is 0 Å². The molecule has 1 atom stereocenters. The van der Waals surface area contributed by atoms with E-state index in [2.05, 4.69) is 50.4 Å². The molecular weight excluding hydrogens is 262 g/mol. The largest absolute Gasteiger partial charge is 0.354 e. The Hall–Kier alpha value is -0.610. The van der Waals surface area contributed by atoms with Gasteiger partial charge in [-0.05, 0) is 52.4 Å². The SMILES string of the molecule is CCC(CC)C(CNC(=O)C1(CC)CCNCC1)N(C)C. The normalized spacial score (nSPS) is 19.8. The van der Waals surface area contributed by atoms with Gasteiger partial charge in [-0.25, -0.2) is 0 Å². The maximum Gasteiger partial charge on any atom is 0.226 e. The molecule has 1 saturated heterocycles. The highest BCUT2D eigenvalue weighted by Gasteiger charge is 2.38. The molecule has 0 aliphatic carbocycles. The summed E-state index contributed by atoms with van der Waals surface area (Å²) in [5, 5.41) is 6.63. The van der Waals surface area contributed by atoms with Crippen LogP contribution in [0.4, 0.5) is 0 Å². The maximum absolute atomic E-state index is 12.7. The molecule has 1 rings (SSSR count). The quantitative estimate of drug-likeness (QED) is 0.722. The summed E-state index contributed by atoms with van der Waals surface area (Å²) >= 11 is 0. The second-order valence-electron chi connectivity index (χ2n) is 6.70. The van der Waals surface area contributed by atoms with Crippen molar-refractivity contribution in [1.29, 1.82) is 0 Å². The van der Waals surface area contributed by atoms with Crippen molar-refractivity contribution in [1.82, 2.24) is 15.5 Å². The number of rotatable bonds is 8. The zero-order chi connectivity index (χ0) is 15.9. The maximum atomic E-state index is 12.7. The molecule has 4 heteroatoms. The monoisotopic (exact) mass is 297 g/mol. The molecule has 0 aromatic heterocycles. The summed E-state index contributed by atoms with van der Waals surface area (Å²) in [6.07, 6.45) is 5.20. The smallest absolute Gasteiger partial charge is 0.226 e. The highest BCUT2D eigenvalue weighted by atomic mass is 16.2. The van der Waals surface area contributed by atoms with Crippen LogP contribution in [0, 0.1) is 11.3 Å². The fraction of sp³-hybridized carbons (Fsp3) is 0.941. The molecule has 0 spiro atoms. The van der Waals surface area contributed by atoms with E-state index in [0.717, 1.165) is 51.7 Å². The van der Waals surface area contributed by atoms with E-state index in [9.17, 15) is 4.79 Å². The van der Waals surface area contributed by atoms with Gasteiger partial charge < -0.3 is 15.5 Å². The van der Waals surface area contributed by atoms with Gasteiger partial charge in [0, 0.05) is 12.6 Å². The van der Waals surface area contributed by atoms with E-state index >= 15 is 0 Å². The molecule has 0 aromatic carbocycles. The van der Waals surface area contributed by atoms with Crippen molar-refractivity contribution in [2.45, 2.75) is 58.9 Å². The molecule has 1 heterocycles. The summed E-state index contributed by atoms with van der Waals surface area (Å²) < 4.78 is 0. The average molecular weight is 297 g/mol. The van der Waals surface area contributed by atoms with E-state index in [4.69, 9.17) is 0 Å². The number of hydrogen-bond donors (Lipinski definition) is 2. The van der Waals surface area contributed by atoms with Gasteiger partial charge in [0.2, 0.25) is 5.91 Å². The van der Waals surface area contributed by atoms with Crippen molar-refractivity contribution in [3.8, 4) is 0 Å². The first-order valence-electron chi connectivity index (χ1n) is 8.66. The molecular formula is C17H35N3O. The van der Waals surface area contributed by atoms with E-state index in [1.54, 1.807) is 0 Å². The van der Waals surface area contributed by atoms with Crippen LogP contribution < -0.4 is 10.6 Å². The van der Waals surface area contributed by atoms with Crippen LogP contribution in [0.15, 0.2) is 0 Å². The summed E-state index contributed by atoms with van der Waals surface area (Å²) in [4.78, 5) is 15.0. The Kier molecular flexibility index (Phi) is 7.67. The Balaban J connectivity index is 2.63. The van der Waals surface area contributed by atoms with Gasteiger partial charge >= 0.3 is 0 Å². The number of carbonyl (C=O) groups is 1. The number of amides is 1. The lowest BCUT2D eigenvalue weighted by atomic mass is 9.75. The van der Waals surface area contributed by atoms with Crippen LogP contribution in [0.25, 0.3) is 0 Å². The van der Waals surface area contributed by atoms with Crippen LogP contribution in [0.3, 0.4) is 0 Å². The minimum atomic E-state index is -0.143. The van der Waals surface area contributed by atoms with Gasteiger partial charge in [-0.15, -0.1) is 0 Å². The number of nitrogens with zero attached hydrogens (tertiary/aromatic N) is 1. The van der Waals surface area contributed by atoms with Crippen molar-refractivity contribution < 1.29 is 4.79 Å². The third kappa shape index (κ3) is 4.68. The molecule has 0 saturated carbocycles. The lowest BCUT2D eigenvalue weighted by Gasteiger charge is -2.37. The average Bonchev–Trinajstić information content (AvgIpc) is 2.51. The lowest BCUT2D eigenvalue weighted by Crippen LogP contribution is -2.51. The van der Waals surface area contributed by atoms with Crippen LogP contribution in [0.1, 0.15) is 52.9 Å². The Morgan fingerprint density at radius 3 is 2.19 bits per heavy atom. The summed E-state index contributed by atoms with van der Waals surface area (Å²) in [5.41, 5.74) is -0.143. The fourth-order valence-corrected chi connectivity index (χ4v) is 3.63. The molecule has 124 valence electrons. The molecule has 1 amide bonds. The molecule has 2 N–H and O–H groups in total. The first-order chi connectivity index (χ1) is 10.0. The second kappa shape index (κ2) is 8.74. The number of likely N-dealkylation sites (N-methyl/N-ethyl adjacent to an activating group) is 1. The van der Waals surface area contributed by atoms with E-state index in [1.807, 2.05) is 0 Å². The Morgan fingerprint density at radius 2 is 1.76 bits per heavy atom. The van der Waals surface area contributed by atoms with Crippen molar-refractivity contribution in [2.24, 2.45) is 11.3 Å². The van der Waals surface area contributed by atoms with Crippen LogP contribution in [0.5, 0.6) is 0 Å². The zero-order valence-corrected chi connectivity index (χ0v) is 14.7. The molecule has 1 aliphatic heterocycles. The van der Waals surface area contributed by atoms with Gasteiger partial charge in [0.15, 0.2) is 0 Å². The minimum Gasteiger partial charge on any atom is -0.354 e. The van der Waals surface area contributed by atoms with E-state index in [1.165, 1.54) is 0 Å². The molecule has 0 radical (unpaired) electrons. The molecule has 1 fully saturated rings. The van der Waals surface area contributed by atoms with Crippen molar-refractivity contribution in [3.63, 3.8) is 0 Å². The zero-order valence-electron chi connectivity index (χ0n) is 14.7. The van der Waals surface area contributed by atoms with Crippen LogP contribution in [-0.4, -0.2) is 50.6 Å². The molecule has 0 bridgehead atoms. The topological polar surface area (TPSA) is 44.4 Å². The van der Waals surface area contributed by atoms with Crippen LogP contribution >= 0.6 is 0 Å². The number of nitrogens with one attached hydrogen (secondary N) is 2. The third-order valence-electron chi connectivity index (χ3n) is 5.45. The van der Waals surface area contributed by atoms with E-state index in [0.29, 0.717) is 12.0 Å². The first-order valence-corrected chi connectivity index (χ1v) is 8.66. The van der Waals surface area contributed by atoms with Crippen molar-refractivity contribution in [3.05, 3.63) is 0 Å². The minimum absolute atomic E-state index is 0.143. The molecule has 21 heavy (non-hydrogen) atoms. The van der Waals surface area contributed by atoms with E-state index in [-0.39, 0.29) is 11.3 Å². The predicted molar refractivity (Wildman–Crippen MR) is 89.4 cm³/mol. The van der Waals surface area contributed by atoms with Crippen LogP contribution in [0.2, 0.25) is 0 Å². The molecule has 0 aromatic rings. The standard InChI is InChI=1S/C17H35N3O/c1-6-14(7-2)15(20(4)5)13-19-16(21)17(8-3)9-11-18-12-10-17/h14-15,18H,6-13H2,1-5H3,(H,19,21). The Morgan fingerprint density at radius 1 is 1.19 bits per heavy atom. The number of hydrogen-bond acceptors (Lipinski definition) is 3. The molecule has 1 unspecified atom stereocenters. The highest BCUT2D eigenvalue weighted by Crippen LogP contribution is 2.32. The molecule has 4 nitrogen and oxygen atoms in total. The van der Waals surface area contributed by atoms with Gasteiger partial charge in [0.05, 0.1) is 5.41 Å². The number of carbonyl (C=O) groups excluding carboxylic acids is 1. The summed E-state index contributed by atoms with van der Waals surface area (Å²) in [6.45, 7) is 9.33. The van der Waals surface area contributed by atoms with Crippen molar-refractivity contribution >= 4 is 5.91 Å². The summed E-state index contributed by atoms with van der Waals surface area (Å²) in [5.74, 6) is 0.912. The number of piperidine rings is 1. The Bertz CT molecular complexity index is 307. The first kappa shape index (κ1) is 18.4. The second-order valence-corrected chi connectivity index (χ2v) is 6.70. The van der Waals surface area contributed by atoms with E-state index < -0.39 is 0 Å². The van der Waals surface area contributed by atoms with Crippen molar-refractivity contribution in [2.75, 3.05) is 33.7 Å². The Labute approximate surface area is 131 Å². The predicted octanol–water partition coefficient (Wildman–Crippen LogP) is 2.25. The summed E-state index contributed by atoms with van der Waals surface area (Å²) in [7, 11) is 4.24. The van der Waals surface area contributed by atoms with Gasteiger partial charge in [-0.3, -0.25) is 4.79 Å². The van der Waals surface area contributed by atoms with Gasteiger partial charge in [-0.1, -0.05) is 33.6 Å². The van der Waals surface area contributed by atoms with Gasteiger partial charge in [-0.2, -0.15) is 0 Å². The van der Waals surface area contributed by atoms with Gasteiger partial charge in [0.25, 0.3) is 0 Å².